The summed E-state index contributed by atoms with van der Waals surface area (Å²) in [6, 6.07) is 15.5. The maximum Gasteiger partial charge on any atom is 0.254 e. The molecule has 0 spiro atoms. The smallest absolute Gasteiger partial charge is 0.254 e. The maximum atomic E-state index is 13.1. The van der Waals surface area contributed by atoms with Crippen molar-refractivity contribution in [3.8, 4) is 5.75 Å². The number of benzene rings is 2. The van der Waals surface area contributed by atoms with Crippen molar-refractivity contribution in [2.45, 2.75) is 13.0 Å². The number of carbonyl (C=O) groups is 2. The summed E-state index contributed by atoms with van der Waals surface area (Å²) in [5.74, 6) is 1.49. The van der Waals surface area contributed by atoms with Gasteiger partial charge in [-0.15, -0.1) is 0 Å². The van der Waals surface area contributed by atoms with E-state index < -0.39 is 0 Å². The van der Waals surface area contributed by atoms with Crippen LogP contribution in [0.25, 0.3) is 0 Å². The van der Waals surface area contributed by atoms with E-state index in [0.29, 0.717) is 24.2 Å². The molecular weight excluding hydrogens is 456 g/mol. The number of halogens is 1. The van der Waals surface area contributed by atoms with Gasteiger partial charge in [0.1, 0.15) is 12.4 Å². The monoisotopic (exact) mass is 476 g/mol. The Kier molecular flexibility index (Phi) is 4.39. The first-order valence-electron chi connectivity index (χ1n) is 10.7. The quantitative estimate of drug-likeness (QED) is 0.364. The molecule has 6 atom stereocenters. The maximum absolute atomic E-state index is 13.1. The summed E-state index contributed by atoms with van der Waals surface area (Å²) in [5.41, 5.74) is 1.78. The molecule has 3 fully saturated rings. The second-order valence-corrected chi connectivity index (χ2v) is 9.76. The summed E-state index contributed by atoms with van der Waals surface area (Å²) in [6.07, 6.45) is 7.07. The lowest BCUT2D eigenvalue weighted by molar-refractivity contribution is -0.140. The number of imide groups is 1. The van der Waals surface area contributed by atoms with Crippen LogP contribution < -0.4 is 4.74 Å². The fourth-order valence-electron chi connectivity index (χ4n) is 5.64. The molecule has 1 aliphatic heterocycles. The molecule has 4 aliphatic carbocycles. The van der Waals surface area contributed by atoms with Crippen molar-refractivity contribution in [1.29, 1.82) is 0 Å². The van der Waals surface area contributed by atoms with Crippen LogP contribution in [-0.2, 0) is 16.2 Å². The molecule has 2 saturated carbocycles. The molecule has 5 aliphatic rings. The molecule has 31 heavy (non-hydrogen) atoms. The Bertz CT molecular complexity index is 1090. The van der Waals surface area contributed by atoms with Gasteiger partial charge in [0, 0.05) is 10.0 Å². The Labute approximate surface area is 188 Å². The molecule has 6 heteroatoms. The average molecular weight is 477 g/mol. The van der Waals surface area contributed by atoms with Crippen LogP contribution in [0.2, 0.25) is 0 Å². The van der Waals surface area contributed by atoms with E-state index in [1.807, 2.05) is 48.5 Å². The molecule has 2 bridgehead atoms. The molecular formula is C25H21BrN2O3. The lowest BCUT2D eigenvalue weighted by Crippen LogP contribution is -2.40. The molecule has 0 aromatic heterocycles. The van der Waals surface area contributed by atoms with Crippen molar-refractivity contribution in [3.63, 3.8) is 0 Å². The van der Waals surface area contributed by atoms with E-state index in [2.05, 4.69) is 33.2 Å². The van der Waals surface area contributed by atoms with Crippen LogP contribution in [0.15, 0.2) is 70.3 Å². The SMILES string of the molecule is O=C1[C@H]2[C@@H]3C=C[C@H]([C@H]4C[C@H]34)[C@@H]2C(=O)N1/N=C\c1ccccc1OCc1ccc(Br)cc1. The van der Waals surface area contributed by atoms with E-state index >= 15 is 0 Å². The molecule has 156 valence electrons. The average Bonchev–Trinajstić information content (AvgIpc) is 3.57. The summed E-state index contributed by atoms with van der Waals surface area (Å²) in [4.78, 5) is 26.1. The Hall–Kier alpha value is -2.73. The zero-order valence-electron chi connectivity index (χ0n) is 16.7. The summed E-state index contributed by atoms with van der Waals surface area (Å²) in [7, 11) is 0. The number of para-hydroxylation sites is 1. The van der Waals surface area contributed by atoms with Crippen molar-refractivity contribution < 1.29 is 14.3 Å². The van der Waals surface area contributed by atoms with Gasteiger partial charge >= 0.3 is 0 Å². The van der Waals surface area contributed by atoms with E-state index in [4.69, 9.17) is 4.74 Å². The van der Waals surface area contributed by atoms with Gasteiger partial charge in [0.15, 0.2) is 0 Å². The van der Waals surface area contributed by atoms with Crippen molar-refractivity contribution in [3.05, 3.63) is 76.3 Å². The van der Waals surface area contributed by atoms with Gasteiger partial charge in [-0.05, 0) is 59.9 Å². The first-order valence-corrected chi connectivity index (χ1v) is 11.5. The minimum Gasteiger partial charge on any atom is -0.488 e. The van der Waals surface area contributed by atoms with Crippen LogP contribution in [0.1, 0.15) is 17.5 Å². The summed E-state index contributed by atoms with van der Waals surface area (Å²) in [6.45, 7) is 0.418. The topological polar surface area (TPSA) is 59.0 Å². The number of amides is 2. The highest BCUT2D eigenvalue weighted by molar-refractivity contribution is 9.10. The van der Waals surface area contributed by atoms with Crippen LogP contribution in [0, 0.1) is 35.5 Å². The molecule has 1 saturated heterocycles. The number of hydrogen-bond acceptors (Lipinski definition) is 4. The first kappa shape index (κ1) is 19.0. The molecule has 2 amide bonds. The van der Waals surface area contributed by atoms with E-state index in [1.54, 1.807) is 6.21 Å². The lowest BCUT2D eigenvalue weighted by Gasteiger charge is -2.37. The van der Waals surface area contributed by atoms with E-state index in [-0.39, 0.29) is 35.5 Å². The first-order chi connectivity index (χ1) is 15.1. The van der Waals surface area contributed by atoms with Gasteiger partial charge in [0.2, 0.25) is 0 Å². The number of hydrogen-bond donors (Lipinski definition) is 0. The fraction of sp³-hybridized carbons (Fsp3) is 0.320. The third kappa shape index (κ3) is 3.07. The molecule has 0 radical (unpaired) electrons. The highest BCUT2D eigenvalue weighted by Gasteiger charge is 2.67. The van der Waals surface area contributed by atoms with Crippen molar-refractivity contribution >= 4 is 34.0 Å². The number of rotatable bonds is 5. The predicted molar refractivity (Wildman–Crippen MR) is 119 cm³/mol. The van der Waals surface area contributed by atoms with E-state index in [9.17, 15) is 9.59 Å². The predicted octanol–water partition coefficient (Wildman–Crippen LogP) is 4.42. The highest BCUT2D eigenvalue weighted by atomic mass is 79.9. The number of nitrogens with zero attached hydrogens (tertiary/aromatic N) is 2. The van der Waals surface area contributed by atoms with Crippen molar-refractivity contribution in [2.24, 2.45) is 40.6 Å². The van der Waals surface area contributed by atoms with Crippen molar-refractivity contribution in [2.75, 3.05) is 0 Å². The van der Waals surface area contributed by atoms with Crippen LogP contribution in [0.5, 0.6) is 5.75 Å². The molecule has 1 heterocycles. The number of ether oxygens (including phenoxy) is 1. The van der Waals surface area contributed by atoms with Crippen molar-refractivity contribution in [1.82, 2.24) is 5.01 Å². The summed E-state index contributed by atoms with van der Waals surface area (Å²) < 4.78 is 7.00. The zero-order chi connectivity index (χ0) is 21.1. The Morgan fingerprint density at radius 2 is 1.61 bits per heavy atom. The molecule has 7 rings (SSSR count). The third-order valence-electron chi connectivity index (χ3n) is 7.18. The molecule has 0 unspecified atom stereocenters. The Balaban J connectivity index is 1.21. The second kappa shape index (κ2) is 7.16. The minimum atomic E-state index is -0.229. The Morgan fingerprint density at radius 1 is 0.968 bits per heavy atom. The Morgan fingerprint density at radius 3 is 2.29 bits per heavy atom. The van der Waals surface area contributed by atoms with Gasteiger partial charge in [-0.25, -0.2) is 0 Å². The fourth-order valence-corrected chi connectivity index (χ4v) is 5.90. The second-order valence-electron chi connectivity index (χ2n) is 8.84. The molecule has 2 aromatic rings. The lowest BCUT2D eigenvalue weighted by atomic mass is 9.63. The minimum absolute atomic E-state index is 0.149. The molecule has 2 aromatic carbocycles. The standard InChI is InChI=1S/C25H21BrN2O3/c26-16-7-5-14(6-8-16)13-31-21-4-2-1-3-15(21)12-27-28-24(29)22-17-9-10-18(20-11-19(17)20)23(22)25(28)30/h1-10,12,17-20,22-23H,11,13H2/b27-12-/t17-,18-,19-,20-,22+,23+/m1/s1. The van der Waals surface area contributed by atoms with Gasteiger partial charge < -0.3 is 4.74 Å². The zero-order valence-corrected chi connectivity index (χ0v) is 18.3. The number of hydrazone groups is 1. The van der Waals surface area contributed by atoms with Gasteiger partial charge in [0.05, 0.1) is 18.1 Å². The summed E-state index contributed by atoms with van der Waals surface area (Å²) in [5, 5.41) is 5.45. The largest absolute Gasteiger partial charge is 0.488 e. The van der Waals surface area contributed by atoms with Crippen LogP contribution in [-0.4, -0.2) is 23.0 Å². The number of allylic oxidation sites excluding steroid dienone is 2. The van der Waals surface area contributed by atoms with Gasteiger partial charge in [-0.2, -0.15) is 10.1 Å². The van der Waals surface area contributed by atoms with Crippen LogP contribution in [0.3, 0.4) is 0 Å². The normalized spacial score (nSPS) is 32.5. The van der Waals surface area contributed by atoms with Crippen LogP contribution >= 0.6 is 15.9 Å². The number of carbonyl (C=O) groups excluding carboxylic acids is 2. The van der Waals surface area contributed by atoms with Gasteiger partial charge in [0.25, 0.3) is 11.8 Å². The summed E-state index contributed by atoms with van der Waals surface area (Å²) >= 11 is 3.43. The van der Waals surface area contributed by atoms with E-state index in [0.717, 1.165) is 27.0 Å². The van der Waals surface area contributed by atoms with E-state index in [1.165, 1.54) is 0 Å². The molecule has 5 nitrogen and oxygen atoms in total. The van der Waals surface area contributed by atoms with Gasteiger partial charge in [-0.3, -0.25) is 9.59 Å². The molecule has 0 N–H and O–H groups in total. The highest BCUT2D eigenvalue weighted by Crippen LogP contribution is 2.65. The third-order valence-corrected chi connectivity index (χ3v) is 7.71. The van der Waals surface area contributed by atoms with Crippen LogP contribution in [0.4, 0.5) is 0 Å². The van der Waals surface area contributed by atoms with Gasteiger partial charge in [-0.1, -0.05) is 52.3 Å².